The van der Waals surface area contributed by atoms with Crippen LogP contribution in [-0.4, -0.2) is 74.6 Å². The van der Waals surface area contributed by atoms with Gasteiger partial charge in [-0.3, -0.25) is 9.59 Å². The van der Waals surface area contributed by atoms with Crippen molar-refractivity contribution in [1.29, 1.82) is 0 Å². The van der Waals surface area contributed by atoms with Crippen molar-refractivity contribution in [3.63, 3.8) is 0 Å². The van der Waals surface area contributed by atoms with Crippen LogP contribution in [0.5, 0.6) is 0 Å². The summed E-state index contributed by atoms with van der Waals surface area (Å²) in [7, 11) is 0. The molecule has 0 unspecified atom stereocenters. The first kappa shape index (κ1) is 22.3. The number of ether oxygens (including phenoxy) is 4. The largest absolute Gasteiger partial charge is 0.510 e. The van der Waals surface area contributed by atoms with E-state index in [0.717, 1.165) is 12.2 Å². The van der Waals surface area contributed by atoms with Crippen molar-refractivity contribution in [2.24, 2.45) is 0 Å². The summed E-state index contributed by atoms with van der Waals surface area (Å²) >= 11 is 0. The molecule has 138 valence electrons. The SMILES string of the molecule is CC(=O)/C=C(\O)COCCOCCOCCOC/C(O)=C\C(C)=O. The van der Waals surface area contributed by atoms with E-state index in [9.17, 15) is 19.8 Å². The van der Waals surface area contributed by atoms with E-state index < -0.39 is 0 Å². The molecule has 8 nitrogen and oxygen atoms in total. The number of carbonyl (C=O) groups is 2. The third-order valence-corrected chi connectivity index (χ3v) is 2.36. The Hall–Kier alpha value is -1.74. The normalized spacial score (nSPS) is 12.4. The molecule has 0 aromatic rings. The number of rotatable bonds is 15. The highest BCUT2D eigenvalue weighted by Gasteiger charge is 1.98. The number of aliphatic hydroxyl groups is 2. The molecular formula is C16H26O8. The standard InChI is InChI=1S/C16H26O8/c1-13(17)9-15(19)11-23-7-5-21-3-4-22-6-8-24-12-16(20)10-14(2)18/h9-10,19-20H,3-8,11-12H2,1-2H3/b15-9-,16-10+. The summed E-state index contributed by atoms with van der Waals surface area (Å²) in [6, 6.07) is 0. The lowest BCUT2D eigenvalue weighted by atomic mass is 10.4. The second-order valence-electron chi connectivity index (χ2n) is 4.82. The molecule has 0 saturated carbocycles. The van der Waals surface area contributed by atoms with Crippen LogP contribution in [0.4, 0.5) is 0 Å². The molecule has 24 heavy (non-hydrogen) atoms. The van der Waals surface area contributed by atoms with Crippen molar-refractivity contribution in [3.8, 4) is 0 Å². The van der Waals surface area contributed by atoms with Gasteiger partial charge in [0, 0.05) is 12.2 Å². The van der Waals surface area contributed by atoms with Gasteiger partial charge in [0.2, 0.25) is 0 Å². The zero-order chi connectivity index (χ0) is 18.2. The van der Waals surface area contributed by atoms with Gasteiger partial charge in [-0.2, -0.15) is 0 Å². The van der Waals surface area contributed by atoms with Crippen molar-refractivity contribution in [2.45, 2.75) is 13.8 Å². The first-order chi connectivity index (χ1) is 11.4. The van der Waals surface area contributed by atoms with Gasteiger partial charge in [-0.1, -0.05) is 0 Å². The number of carbonyl (C=O) groups excluding carboxylic acids is 2. The van der Waals surface area contributed by atoms with Crippen LogP contribution in [0.2, 0.25) is 0 Å². The molecule has 0 aliphatic heterocycles. The van der Waals surface area contributed by atoms with E-state index in [4.69, 9.17) is 18.9 Å². The first-order valence-corrected chi connectivity index (χ1v) is 7.53. The Kier molecular flexibility index (Phi) is 13.8. The van der Waals surface area contributed by atoms with Crippen LogP contribution in [0.15, 0.2) is 23.7 Å². The number of hydrogen-bond acceptors (Lipinski definition) is 8. The minimum Gasteiger partial charge on any atom is -0.510 e. The average molecular weight is 346 g/mol. The number of aliphatic hydroxyl groups excluding tert-OH is 2. The average Bonchev–Trinajstić information content (AvgIpc) is 2.46. The molecule has 0 amide bonds. The summed E-state index contributed by atoms with van der Waals surface area (Å²) in [6.45, 7) is 4.67. The van der Waals surface area contributed by atoms with Crippen LogP contribution in [0.25, 0.3) is 0 Å². The summed E-state index contributed by atoms with van der Waals surface area (Å²) in [6.07, 6.45) is 2.21. The summed E-state index contributed by atoms with van der Waals surface area (Å²) in [5.74, 6) is -0.706. The molecule has 0 radical (unpaired) electrons. The van der Waals surface area contributed by atoms with E-state index in [-0.39, 0.29) is 36.3 Å². The molecular weight excluding hydrogens is 320 g/mol. The molecule has 0 aliphatic carbocycles. The summed E-state index contributed by atoms with van der Waals surface area (Å²) in [5, 5.41) is 18.5. The van der Waals surface area contributed by atoms with Crippen LogP contribution in [0, 0.1) is 0 Å². The van der Waals surface area contributed by atoms with Crippen molar-refractivity contribution in [2.75, 3.05) is 52.9 Å². The summed E-state index contributed by atoms with van der Waals surface area (Å²) < 4.78 is 20.7. The zero-order valence-electron chi connectivity index (χ0n) is 14.2. The lowest BCUT2D eigenvalue weighted by Gasteiger charge is -2.07. The third kappa shape index (κ3) is 16.6. The first-order valence-electron chi connectivity index (χ1n) is 7.53. The fourth-order valence-corrected chi connectivity index (χ4v) is 1.46. The van der Waals surface area contributed by atoms with Gasteiger partial charge in [-0.05, 0) is 13.8 Å². The van der Waals surface area contributed by atoms with Crippen molar-refractivity contribution in [1.82, 2.24) is 0 Å². The Labute approximate surface area is 141 Å². The lowest BCUT2D eigenvalue weighted by Crippen LogP contribution is -2.13. The van der Waals surface area contributed by atoms with E-state index in [1.165, 1.54) is 13.8 Å². The highest BCUT2D eigenvalue weighted by molar-refractivity contribution is 5.87. The van der Waals surface area contributed by atoms with Gasteiger partial charge in [0.15, 0.2) is 11.6 Å². The van der Waals surface area contributed by atoms with E-state index >= 15 is 0 Å². The third-order valence-electron chi connectivity index (χ3n) is 2.36. The maximum absolute atomic E-state index is 10.7. The Morgan fingerprint density at radius 3 is 1.25 bits per heavy atom. The molecule has 0 aromatic heterocycles. The summed E-state index contributed by atoms with van der Waals surface area (Å²) in [5.41, 5.74) is 0. The fourth-order valence-electron chi connectivity index (χ4n) is 1.46. The van der Waals surface area contributed by atoms with E-state index in [0.29, 0.717) is 39.6 Å². The number of ketones is 2. The second kappa shape index (κ2) is 14.8. The minimum absolute atomic E-state index is 0.0261. The molecule has 8 heteroatoms. The second-order valence-corrected chi connectivity index (χ2v) is 4.82. The predicted octanol–water partition coefficient (Wildman–Crippen LogP) is 1.11. The van der Waals surface area contributed by atoms with Gasteiger partial charge in [0.05, 0.1) is 39.6 Å². The molecule has 0 rings (SSSR count). The molecule has 0 bridgehead atoms. The zero-order valence-corrected chi connectivity index (χ0v) is 14.2. The minimum atomic E-state index is -0.237. The smallest absolute Gasteiger partial charge is 0.156 e. The van der Waals surface area contributed by atoms with E-state index in [2.05, 4.69) is 0 Å². The maximum Gasteiger partial charge on any atom is 0.156 e. The monoisotopic (exact) mass is 346 g/mol. The van der Waals surface area contributed by atoms with Crippen molar-refractivity contribution < 1.29 is 38.7 Å². The highest BCUT2D eigenvalue weighted by Crippen LogP contribution is 1.92. The van der Waals surface area contributed by atoms with Crippen LogP contribution < -0.4 is 0 Å². The Morgan fingerprint density at radius 2 is 0.958 bits per heavy atom. The maximum atomic E-state index is 10.7. The van der Waals surface area contributed by atoms with Crippen LogP contribution in [-0.2, 0) is 28.5 Å². The molecule has 0 heterocycles. The molecule has 0 saturated heterocycles. The molecule has 0 aromatic carbocycles. The topological polar surface area (TPSA) is 112 Å². The van der Waals surface area contributed by atoms with Gasteiger partial charge in [0.25, 0.3) is 0 Å². The van der Waals surface area contributed by atoms with Gasteiger partial charge < -0.3 is 29.2 Å². The van der Waals surface area contributed by atoms with Crippen LogP contribution in [0.1, 0.15) is 13.8 Å². The lowest BCUT2D eigenvalue weighted by molar-refractivity contribution is -0.113. The van der Waals surface area contributed by atoms with Gasteiger partial charge in [-0.25, -0.2) is 0 Å². The van der Waals surface area contributed by atoms with E-state index in [1.54, 1.807) is 0 Å². The Morgan fingerprint density at radius 1 is 0.667 bits per heavy atom. The predicted molar refractivity (Wildman–Crippen MR) is 86.1 cm³/mol. The molecule has 0 fully saturated rings. The van der Waals surface area contributed by atoms with Crippen LogP contribution >= 0.6 is 0 Å². The number of hydrogen-bond donors (Lipinski definition) is 2. The molecule has 0 spiro atoms. The van der Waals surface area contributed by atoms with Gasteiger partial charge in [0.1, 0.15) is 24.7 Å². The Balaban J connectivity index is 3.32. The number of allylic oxidation sites excluding steroid dienone is 2. The molecule has 2 N–H and O–H groups in total. The van der Waals surface area contributed by atoms with Crippen LogP contribution in [0.3, 0.4) is 0 Å². The molecule has 0 atom stereocenters. The fraction of sp³-hybridized carbons (Fsp3) is 0.625. The quantitative estimate of drug-likeness (QED) is 0.258. The highest BCUT2D eigenvalue weighted by atomic mass is 16.6. The molecule has 0 aliphatic rings. The summed E-state index contributed by atoms with van der Waals surface area (Å²) in [4.78, 5) is 21.3. The van der Waals surface area contributed by atoms with Crippen molar-refractivity contribution >= 4 is 11.6 Å². The van der Waals surface area contributed by atoms with E-state index in [1.807, 2.05) is 0 Å². The van der Waals surface area contributed by atoms with Gasteiger partial charge >= 0.3 is 0 Å². The van der Waals surface area contributed by atoms with Gasteiger partial charge in [-0.15, -0.1) is 0 Å². The Bertz CT molecular complexity index is 388. The van der Waals surface area contributed by atoms with Crippen molar-refractivity contribution in [3.05, 3.63) is 23.7 Å².